The molecule has 0 aliphatic carbocycles. The number of ether oxygens (including phenoxy) is 1. The Balaban J connectivity index is 4.01. The van der Waals surface area contributed by atoms with Gasteiger partial charge in [0, 0.05) is 23.7 Å². The fourth-order valence-electron chi connectivity index (χ4n) is 0.813. The van der Waals surface area contributed by atoms with Gasteiger partial charge in [0.15, 0.2) is 0 Å². The van der Waals surface area contributed by atoms with Gasteiger partial charge < -0.3 is 9.29 Å². The van der Waals surface area contributed by atoms with Gasteiger partial charge in [0.25, 0.3) is 0 Å². The maximum absolute atomic E-state index is 11.2. The molecule has 0 aromatic heterocycles. The Bertz CT molecular complexity index is 257. The topological polar surface area (TPSA) is 81.7 Å². The van der Waals surface area contributed by atoms with Crippen molar-refractivity contribution < 1.29 is 18.3 Å². The van der Waals surface area contributed by atoms with Crippen LogP contribution < -0.4 is 5.43 Å². The van der Waals surface area contributed by atoms with E-state index in [-0.39, 0.29) is 19.0 Å². The quantitative estimate of drug-likeness (QED) is 0.322. The number of rotatable bonds is 6. The van der Waals surface area contributed by atoms with Crippen LogP contribution in [-0.4, -0.2) is 43.7 Å². The molecule has 0 bridgehead atoms. The monoisotopic (exact) mass is 271 g/mol. The zero-order valence-electron chi connectivity index (χ0n) is 9.49. The minimum atomic E-state index is -2.46. The average molecular weight is 272 g/mol. The summed E-state index contributed by atoms with van der Waals surface area (Å²) < 4.78 is 27.1. The van der Waals surface area contributed by atoms with Crippen LogP contribution >= 0.6 is 11.6 Å². The Labute approximate surface area is 103 Å². The third-order valence-corrected chi connectivity index (χ3v) is 2.13. The van der Waals surface area contributed by atoms with Crippen LogP contribution in [-0.2, 0) is 20.8 Å². The van der Waals surface area contributed by atoms with Crippen molar-refractivity contribution in [2.24, 2.45) is 0 Å². The predicted molar refractivity (Wildman–Crippen MR) is 60.2 cm³/mol. The van der Waals surface area contributed by atoms with E-state index >= 15 is 0 Å². The van der Waals surface area contributed by atoms with Gasteiger partial charge in [-0.3, -0.25) is 9.00 Å². The number of halogens is 1. The molecule has 0 spiro atoms. The molecule has 1 unspecified atom stereocenters. The van der Waals surface area contributed by atoms with Gasteiger partial charge >= 0.3 is 5.97 Å². The lowest BCUT2D eigenvalue weighted by molar-refractivity contribution is -0.154. The largest absolute Gasteiger partial charge is 0.759 e. The number of hydrogen-bond donors (Lipinski definition) is 1. The summed E-state index contributed by atoms with van der Waals surface area (Å²) in [5.74, 6) is -0.396. The SMILES string of the molecule is CC(C)(C)OC(=O)CNN(CCCl)S(=O)[O-]. The summed E-state index contributed by atoms with van der Waals surface area (Å²) in [6.07, 6.45) is 0. The summed E-state index contributed by atoms with van der Waals surface area (Å²) in [6, 6.07) is 0. The number of alkyl halides is 1. The van der Waals surface area contributed by atoms with Crippen LogP contribution in [0.5, 0.6) is 0 Å². The first kappa shape index (κ1) is 15.8. The molecule has 0 saturated carbocycles. The minimum absolute atomic E-state index is 0.0838. The smallest absolute Gasteiger partial charge is 0.321 e. The molecule has 0 aromatic carbocycles. The molecule has 0 rings (SSSR count). The number of esters is 1. The Hall–Kier alpha value is -0.210. The second-order valence-electron chi connectivity index (χ2n) is 3.93. The van der Waals surface area contributed by atoms with Gasteiger partial charge in [-0.25, -0.2) is 5.43 Å². The molecule has 6 nitrogen and oxygen atoms in total. The molecule has 0 aromatic rings. The van der Waals surface area contributed by atoms with Crippen LogP contribution in [0, 0.1) is 0 Å². The van der Waals surface area contributed by atoms with Crippen LogP contribution in [0.2, 0.25) is 0 Å². The maximum Gasteiger partial charge on any atom is 0.321 e. The van der Waals surface area contributed by atoms with Gasteiger partial charge in [-0.15, -0.1) is 11.6 Å². The molecule has 16 heavy (non-hydrogen) atoms. The molecular formula is C8H16ClN2O4S-. The first-order chi connectivity index (χ1) is 7.26. The highest BCUT2D eigenvalue weighted by atomic mass is 35.5. The fraction of sp³-hybridized carbons (Fsp3) is 0.875. The molecule has 8 heteroatoms. The highest BCUT2D eigenvalue weighted by Gasteiger charge is 2.16. The van der Waals surface area contributed by atoms with Crippen LogP contribution in [0.25, 0.3) is 0 Å². The van der Waals surface area contributed by atoms with Crippen LogP contribution in [0.4, 0.5) is 0 Å². The van der Waals surface area contributed by atoms with Gasteiger partial charge in [-0.05, 0) is 20.8 Å². The molecular weight excluding hydrogens is 256 g/mol. The maximum atomic E-state index is 11.2. The number of nitrogens with one attached hydrogen (secondary N) is 1. The van der Waals surface area contributed by atoms with Crippen LogP contribution in [0.15, 0.2) is 0 Å². The first-order valence-corrected chi connectivity index (χ1v) is 6.21. The van der Waals surface area contributed by atoms with Crippen molar-refractivity contribution in [2.45, 2.75) is 26.4 Å². The Kier molecular flexibility index (Phi) is 7.09. The molecule has 96 valence electrons. The fourth-order valence-corrected chi connectivity index (χ4v) is 1.49. The summed E-state index contributed by atoms with van der Waals surface area (Å²) in [7, 11) is 0. The lowest BCUT2D eigenvalue weighted by Gasteiger charge is -2.25. The van der Waals surface area contributed by atoms with E-state index in [0.29, 0.717) is 0 Å². The molecule has 0 heterocycles. The van der Waals surface area contributed by atoms with Crippen LogP contribution in [0.1, 0.15) is 20.8 Å². The van der Waals surface area contributed by atoms with E-state index in [1.165, 1.54) is 0 Å². The molecule has 1 N–H and O–H groups in total. The van der Waals surface area contributed by atoms with Crippen molar-refractivity contribution >= 4 is 28.8 Å². The summed E-state index contributed by atoms with van der Waals surface area (Å²) in [5, 5.41) is 0. The van der Waals surface area contributed by atoms with Crippen molar-refractivity contribution in [3.8, 4) is 0 Å². The minimum Gasteiger partial charge on any atom is -0.759 e. The zero-order chi connectivity index (χ0) is 12.8. The van der Waals surface area contributed by atoms with Crippen molar-refractivity contribution in [3.63, 3.8) is 0 Å². The lowest BCUT2D eigenvalue weighted by Crippen LogP contribution is -2.44. The van der Waals surface area contributed by atoms with E-state index in [1.807, 2.05) is 0 Å². The molecule has 0 fully saturated rings. The number of hydrogen-bond acceptors (Lipinski definition) is 5. The molecule has 0 aliphatic rings. The number of carbonyl (C=O) groups excluding carboxylic acids is 1. The van der Waals surface area contributed by atoms with E-state index < -0.39 is 22.8 Å². The normalized spacial score (nSPS) is 13.9. The van der Waals surface area contributed by atoms with Crippen molar-refractivity contribution in [3.05, 3.63) is 0 Å². The average Bonchev–Trinajstić information content (AvgIpc) is 2.08. The van der Waals surface area contributed by atoms with E-state index in [4.69, 9.17) is 16.3 Å². The summed E-state index contributed by atoms with van der Waals surface area (Å²) >= 11 is 2.93. The summed E-state index contributed by atoms with van der Waals surface area (Å²) in [5.41, 5.74) is 1.81. The first-order valence-electron chi connectivity index (χ1n) is 4.64. The number of nitrogens with zero attached hydrogens (tertiary/aromatic N) is 1. The van der Waals surface area contributed by atoms with E-state index in [2.05, 4.69) is 5.43 Å². The second kappa shape index (κ2) is 7.18. The lowest BCUT2D eigenvalue weighted by atomic mass is 10.2. The van der Waals surface area contributed by atoms with Gasteiger partial charge in [0.05, 0.1) is 0 Å². The Morgan fingerprint density at radius 2 is 2.12 bits per heavy atom. The van der Waals surface area contributed by atoms with E-state index in [9.17, 15) is 13.6 Å². The molecule has 0 aliphatic heterocycles. The molecule has 1 atom stereocenters. The molecule has 0 amide bonds. The molecule has 0 radical (unpaired) electrons. The Morgan fingerprint density at radius 3 is 2.50 bits per heavy atom. The van der Waals surface area contributed by atoms with E-state index in [0.717, 1.165) is 4.41 Å². The highest BCUT2D eigenvalue weighted by molar-refractivity contribution is 7.76. The predicted octanol–water partition coefficient (Wildman–Crippen LogP) is 0.168. The van der Waals surface area contributed by atoms with Gasteiger partial charge in [0.1, 0.15) is 12.1 Å². The highest BCUT2D eigenvalue weighted by Crippen LogP contribution is 2.06. The summed E-state index contributed by atoms with van der Waals surface area (Å²) in [6.45, 7) is 5.05. The van der Waals surface area contributed by atoms with Gasteiger partial charge in [0.2, 0.25) is 0 Å². The van der Waals surface area contributed by atoms with Gasteiger partial charge in [-0.2, -0.15) is 4.41 Å². The Morgan fingerprint density at radius 1 is 1.56 bits per heavy atom. The third-order valence-electron chi connectivity index (χ3n) is 1.29. The number of hydrazine groups is 1. The van der Waals surface area contributed by atoms with Crippen LogP contribution in [0.3, 0.4) is 0 Å². The number of carbonyl (C=O) groups is 1. The van der Waals surface area contributed by atoms with Crippen molar-refractivity contribution in [1.29, 1.82) is 0 Å². The third kappa shape index (κ3) is 8.00. The molecule has 0 saturated heterocycles. The summed E-state index contributed by atoms with van der Waals surface area (Å²) in [4.78, 5) is 11.2. The van der Waals surface area contributed by atoms with Crippen molar-refractivity contribution in [1.82, 2.24) is 9.84 Å². The van der Waals surface area contributed by atoms with Gasteiger partial charge in [-0.1, -0.05) is 0 Å². The zero-order valence-corrected chi connectivity index (χ0v) is 11.1. The van der Waals surface area contributed by atoms with E-state index in [1.54, 1.807) is 20.8 Å². The standard InChI is InChI=1S/C8H17ClN2O4S/c1-8(2,3)15-7(12)6-10-11(5-4-9)16(13)14/h10H,4-6H2,1-3H3,(H,13,14)/p-1. The second-order valence-corrected chi connectivity index (χ2v) is 5.18. The van der Waals surface area contributed by atoms with Crippen molar-refractivity contribution in [2.75, 3.05) is 19.0 Å².